The molecule has 0 aliphatic heterocycles. The summed E-state index contributed by atoms with van der Waals surface area (Å²) in [6, 6.07) is 0. The molecule has 20 aliphatic carbocycles. The van der Waals surface area contributed by atoms with Crippen LogP contribution in [-0.4, -0.2) is 0 Å². The second kappa shape index (κ2) is 40.3. The molecule has 712 valence electrons. The van der Waals surface area contributed by atoms with Crippen LogP contribution in [-0.2, 0) is 0 Å². The molecule has 20 rings (SSSR count). The Morgan fingerprint density at radius 2 is 0.295 bits per heavy atom. The predicted octanol–water partition coefficient (Wildman–Crippen LogP) is 40.8. The summed E-state index contributed by atoms with van der Waals surface area (Å²) >= 11 is 0. The Morgan fingerprint density at radius 3 is 0.443 bits per heavy atom. The Hall–Kier alpha value is 0. The van der Waals surface area contributed by atoms with E-state index in [0.29, 0.717) is 43.3 Å². The van der Waals surface area contributed by atoms with E-state index < -0.39 is 0 Å². The van der Waals surface area contributed by atoms with Crippen LogP contribution >= 0.6 is 0 Å². The van der Waals surface area contributed by atoms with Gasteiger partial charge in [-0.05, 0) is 477 Å². The van der Waals surface area contributed by atoms with Crippen LogP contribution in [0.3, 0.4) is 0 Å². The Morgan fingerprint density at radius 1 is 0.148 bits per heavy atom. The highest BCUT2D eigenvalue weighted by Crippen LogP contribution is 2.69. The summed E-state index contributed by atoms with van der Waals surface area (Å²) in [5.74, 6) is 12.2. The summed E-state index contributed by atoms with van der Waals surface area (Å²) in [7, 11) is 0. The van der Waals surface area contributed by atoms with E-state index in [1.165, 1.54) is 270 Å². The molecule has 20 fully saturated rings. The van der Waals surface area contributed by atoms with Gasteiger partial charge >= 0.3 is 0 Å². The Kier molecular flexibility index (Phi) is 33.8. The molecule has 0 amide bonds. The van der Waals surface area contributed by atoms with E-state index >= 15 is 0 Å². The Bertz CT molecular complexity index is 2790. The molecule has 0 aromatic heterocycles. The lowest BCUT2D eigenvalue weighted by Crippen LogP contribution is -2.47. The Balaban J connectivity index is 0.000000132. The van der Waals surface area contributed by atoms with Crippen LogP contribution in [0.25, 0.3) is 0 Å². The van der Waals surface area contributed by atoms with Gasteiger partial charge in [-0.1, -0.05) is 297 Å². The topological polar surface area (TPSA) is 0 Å². The van der Waals surface area contributed by atoms with Crippen LogP contribution in [0.4, 0.5) is 0 Å². The van der Waals surface area contributed by atoms with E-state index in [9.17, 15) is 0 Å². The average Bonchev–Trinajstić information content (AvgIpc) is 1.48. The number of hydrogen-bond acceptors (Lipinski definition) is 0. The van der Waals surface area contributed by atoms with Crippen molar-refractivity contribution in [2.24, 2.45) is 168 Å². The van der Waals surface area contributed by atoms with E-state index in [1.807, 2.05) is 0 Å². The zero-order chi connectivity index (χ0) is 89.2. The standard InChI is InChI=1S/2C14H26.4C13H24.2C11H20.2C10H18/c2*1-13(2,3)12-6-10-14(11-7-12)8-4-5-9-14;2*1-12(2,3)11-5-9-13(10-6-11)7-4-8-13;2*1-12(2,3)11-6-9-13(10-11)7-4-5-8-13;2*1-10(2,3)9-7-11(8-9)5-4-6-11;2*1-8(2)9-7-10(9)5-3-4-6-10/h2*12H,4-11H2,1-3H3;4*11H,4-10H2,1-3H3;2*9H,4-8H2,1-3H3;2*8-9H,3-7H2,1-2H3. The first kappa shape index (κ1) is 103. The molecule has 0 bridgehead atoms. The lowest BCUT2D eigenvalue weighted by molar-refractivity contribution is -0.0700. The first-order chi connectivity index (χ1) is 56.6. The maximum atomic E-state index is 2.42. The third-order valence-corrected chi connectivity index (χ3v) is 43.7. The molecule has 20 aliphatic rings. The van der Waals surface area contributed by atoms with Crippen molar-refractivity contribution in [1.29, 1.82) is 0 Å². The van der Waals surface area contributed by atoms with Gasteiger partial charge in [-0.2, -0.15) is 0 Å². The van der Waals surface area contributed by atoms with E-state index in [2.05, 4.69) is 194 Å². The molecule has 4 unspecified atom stereocenters. The average molecular weight is 1690 g/mol. The molecular formula is C122H224. The van der Waals surface area contributed by atoms with Gasteiger partial charge in [0.05, 0.1) is 0 Å². The zero-order valence-electron chi connectivity index (χ0n) is 89.2. The molecule has 0 heterocycles. The molecular weight excluding hydrogens is 1470 g/mol. The second-order valence-corrected chi connectivity index (χ2v) is 60.6. The molecule has 122 heavy (non-hydrogen) atoms. The van der Waals surface area contributed by atoms with Gasteiger partial charge in [0, 0.05) is 0 Å². The summed E-state index contributed by atoms with van der Waals surface area (Å²) in [4.78, 5) is 0. The minimum Gasteiger partial charge on any atom is -0.0625 e. The fraction of sp³-hybridized carbons (Fsp3) is 1.00. The van der Waals surface area contributed by atoms with Gasteiger partial charge in [-0.15, -0.1) is 0 Å². The highest BCUT2D eigenvalue weighted by molar-refractivity contribution is 5.09. The predicted molar refractivity (Wildman–Crippen MR) is 540 cm³/mol. The maximum Gasteiger partial charge on any atom is -0.0264 e. The largest absolute Gasteiger partial charge is 0.0625 e. The van der Waals surface area contributed by atoms with Crippen molar-refractivity contribution in [2.45, 2.75) is 605 Å². The molecule has 0 aromatic carbocycles. The van der Waals surface area contributed by atoms with Crippen LogP contribution in [0.5, 0.6) is 0 Å². The zero-order valence-corrected chi connectivity index (χ0v) is 89.2. The van der Waals surface area contributed by atoms with Gasteiger partial charge < -0.3 is 0 Å². The SMILES string of the molecule is CC(C)(C)C1CC2(CCC2)C1.CC(C)(C)C1CC2(CCC2)C1.CC(C)(C)C1CCC2(CCC2)CC1.CC(C)(C)C1CCC2(CCC2)CC1.CC(C)(C)C1CCC2(CCCC2)C1.CC(C)(C)C1CCC2(CCCC2)C1.CC(C)(C)C1CCC2(CCCC2)CC1.CC(C)(C)C1CCC2(CCCC2)CC1.CC(C)C1CC12CCCC2.CC(C)C1CC12CCCC2. The van der Waals surface area contributed by atoms with Crippen molar-refractivity contribution in [3.63, 3.8) is 0 Å². The summed E-state index contributed by atoms with van der Waals surface area (Å²) in [5.41, 5.74) is 13.0. The molecule has 20 saturated carbocycles. The first-order valence-corrected chi connectivity index (χ1v) is 56.6. The molecule has 0 N–H and O–H groups in total. The second-order valence-electron chi connectivity index (χ2n) is 60.6. The lowest BCUT2D eigenvalue weighted by Gasteiger charge is -2.58. The van der Waals surface area contributed by atoms with E-state index in [-0.39, 0.29) is 0 Å². The van der Waals surface area contributed by atoms with Gasteiger partial charge in [0.25, 0.3) is 0 Å². The van der Waals surface area contributed by atoms with Gasteiger partial charge in [0.1, 0.15) is 0 Å². The molecule has 0 aromatic rings. The van der Waals surface area contributed by atoms with E-state index in [4.69, 9.17) is 0 Å². The fourth-order valence-corrected chi connectivity index (χ4v) is 32.4. The van der Waals surface area contributed by atoms with Gasteiger partial charge in [-0.3, -0.25) is 0 Å². The Labute approximate surface area is 768 Å². The minimum atomic E-state index is 0.556. The van der Waals surface area contributed by atoms with E-state index in [0.717, 1.165) is 125 Å². The normalized spacial score (nSPS) is 33.1. The van der Waals surface area contributed by atoms with Crippen LogP contribution in [0.15, 0.2) is 0 Å². The monoisotopic (exact) mass is 1690 g/mol. The number of rotatable bonds is 2. The summed E-state index contributed by atoms with van der Waals surface area (Å²) in [5, 5.41) is 0. The fourth-order valence-electron chi connectivity index (χ4n) is 32.4. The van der Waals surface area contributed by atoms with Crippen molar-refractivity contribution in [1.82, 2.24) is 0 Å². The van der Waals surface area contributed by atoms with Crippen molar-refractivity contribution < 1.29 is 0 Å². The molecule has 0 heteroatoms. The van der Waals surface area contributed by atoms with Crippen LogP contribution in [0.1, 0.15) is 605 Å². The minimum absolute atomic E-state index is 0.556. The van der Waals surface area contributed by atoms with Crippen molar-refractivity contribution in [2.75, 3.05) is 0 Å². The van der Waals surface area contributed by atoms with Crippen molar-refractivity contribution >= 4 is 0 Å². The van der Waals surface area contributed by atoms with Gasteiger partial charge in [-0.25, -0.2) is 0 Å². The van der Waals surface area contributed by atoms with Crippen LogP contribution in [0, 0.1) is 168 Å². The molecule has 0 saturated heterocycles. The molecule has 10 spiro atoms. The highest BCUT2D eigenvalue weighted by atomic mass is 14.6. The lowest BCUT2D eigenvalue weighted by atomic mass is 9.47. The van der Waals surface area contributed by atoms with Crippen LogP contribution < -0.4 is 0 Å². The first-order valence-electron chi connectivity index (χ1n) is 56.6. The third-order valence-electron chi connectivity index (χ3n) is 43.7. The summed E-state index contributed by atoms with van der Waals surface area (Å²) in [6.45, 7) is 67.4. The third kappa shape index (κ3) is 27.2. The smallest absolute Gasteiger partial charge is 0.0264 e. The van der Waals surface area contributed by atoms with Crippen LogP contribution in [0.2, 0.25) is 0 Å². The maximum absolute atomic E-state index is 2.42. The summed E-state index contributed by atoms with van der Waals surface area (Å²) < 4.78 is 0. The number of hydrogen-bond donors (Lipinski definition) is 0. The van der Waals surface area contributed by atoms with Crippen molar-refractivity contribution in [3.8, 4) is 0 Å². The van der Waals surface area contributed by atoms with Crippen molar-refractivity contribution in [3.05, 3.63) is 0 Å². The quantitative estimate of drug-likeness (QED) is 0.259. The summed E-state index contributed by atoms with van der Waals surface area (Å²) in [6.07, 6.45) is 97.9. The van der Waals surface area contributed by atoms with Gasteiger partial charge in [0.15, 0.2) is 0 Å². The highest BCUT2D eigenvalue weighted by Gasteiger charge is 2.58. The van der Waals surface area contributed by atoms with E-state index in [1.54, 1.807) is 141 Å². The molecule has 0 nitrogen and oxygen atoms in total. The molecule has 4 atom stereocenters. The molecule has 0 radical (unpaired) electrons. The van der Waals surface area contributed by atoms with Gasteiger partial charge in [0.2, 0.25) is 0 Å².